The Hall–Kier alpha value is -1.37. The van der Waals surface area contributed by atoms with E-state index in [0.29, 0.717) is 0 Å². The van der Waals surface area contributed by atoms with Gasteiger partial charge in [-0.3, -0.25) is 0 Å². The standard InChI is InChI=1S/C15H15F.C2H6/c1-10-3-2-4-14-11(7-10)8-12-9-13(16)5-6-15(12)14;1-2/h5-7,9H,2-4,8H2,1H3;1-2H3. The molecule has 3 rings (SSSR count). The minimum absolute atomic E-state index is 0.114. The summed E-state index contributed by atoms with van der Waals surface area (Å²) >= 11 is 0. The molecule has 0 radical (unpaired) electrons. The summed E-state index contributed by atoms with van der Waals surface area (Å²) in [4.78, 5) is 0. The molecule has 0 saturated heterocycles. The van der Waals surface area contributed by atoms with E-state index in [-0.39, 0.29) is 5.82 Å². The molecule has 2 aliphatic rings. The molecule has 0 amide bonds. The number of fused-ring (bicyclic) bond motifs is 2. The van der Waals surface area contributed by atoms with Crippen molar-refractivity contribution < 1.29 is 4.39 Å². The molecule has 1 aromatic rings. The van der Waals surface area contributed by atoms with Crippen LogP contribution in [-0.2, 0) is 6.42 Å². The second-order valence-corrected chi connectivity index (χ2v) is 4.83. The lowest BCUT2D eigenvalue weighted by Crippen LogP contribution is -1.87. The van der Waals surface area contributed by atoms with Crippen molar-refractivity contribution in [2.24, 2.45) is 0 Å². The molecule has 0 aliphatic heterocycles. The fourth-order valence-electron chi connectivity index (χ4n) is 2.83. The van der Waals surface area contributed by atoms with Crippen LogP contribution >= 0.6 is 0 Å². The Balaban J connectivity index is 0.000000574. The van der Waals surface area contributed by atoms with Crippen LogP contribution in [0.25, 0.3) is 5.57 Å². The van der Waals surface area contributed by atoms with Crippen molar-refractivity contribution in [3.8, 4) is 0 Å². The Kier molecular flexibility index (Phi) is 4.00. The Morgan fingerprint density at radius 3 is 2.67 bits per heavy atom. The van der Waals surface area contributed by atoms with E-state index in [1.807, 2.05) is 19.9 Å². The third-order valence-corrected chi connectivity index (χ3v) is 3.58. The summed E-state index contributed by atoms with van der Waals surface area (Å²) in [6, 6.07) is 5.21. The van der Waals surface area contributed by atoms with Gasteiger partial charge in [0.2, 0.25) is 0 Å². The van der Waals surface area contributed by atoms with E-state index < -0.39 is 0 Å². The van der Waals surface area contributed by atoms with Crippen LogP contribution in [0, 0.1) is 5.82 Å². The summed E-state index contributed by atoms with van der Waals surface area (Å²) < 4.78 is 13.2. The van der Waals surface area contributed by atoms with Gasteiger partial charge in [0.1, 0.15) is 5.82 Å². The summed E-state index contributed by atoms with van der Waals surface area (Å²) in [5, 5.41) is 0. The molecule has 0 spiro atoms. The van der Waals surface area contributed by atoms with Gasteiger partial charge in [0, 0.05) is 0 Å². The van der Waals surface area contributed by atoms with Gasteiger partial charge in [-0.05, 0) is 67.0 Å². The number of benzene rings is 1. The third-order valence-electron chi connectivity index (χ3n) is 3.58. The van der Waals surface area contributed by atoms with Gasteiger partial charge in [0.15, 0.2) is 0 Å². The monoisotopic (exact) mass is 244 g/mol. The molecule has 0 atom stereocenters. The number of halogens is 1. The molecule has 0 bridgehead atoms. The molecule has 96 valence electrons. The zero-order chi connectivity index (χ0) is 13.1. The molecule has 2 aliphatic carbocycles. The normalized spacial score (nSPS) is 17.2. The van der Waals surface area contributed by atoms with Crippen LogP contribution in [-0.4, -0.2) is 0 Å². The van der Waals surface area contributed by atoms with Crippen molar-refractivity contribution in [1.82, 2.24) is 0 Å². The summed E-state index contributed by atoms with van der Waals surface area (Å²) in [5.74, 6) is -0.114. The molecule has 0 N–H and O–H groups in total. The SMILES string of the molecule is CC.CC1=CC2=C(CCC1)c1ccc(F)cc1C2. The molecule has 0 saturated carbocycles. The van der Waals surface area contributed by atoms with E-state index in [4.69, 9.17) is 0 Å². The first-order valence-electron chi connectivity index (χ1n) is 6.92. The third kappa shape index (κ3) is 2.40. The maximum atomic E-state index is 13.2. The molecule has 1 heteroatoms. The van der Waals surface area contributed by atoms with Gasteiger partial charge in [-0.2, -0.15) is 0 Å². The second-order valence-electron chi connectivity index (χ2n) is 4.83. The highest BCUT2D eigenvalue weighted by Crippen LogP contribution is 2.39. The maximum absolute atomic E-state index is 13.2. The highest BCUT2D eigenvalue weighted by atomic mass is 19.1. The van der Waals surface area contributed by atoms with E-state index in [0.717, 1.165) is 18.4 Å². The zero-order valence-corrected chi connectivity index (χ0v) is 11.5. The van der Waals surface area contributed by atoms with Crippen molar-refractivity contribution >= 4 is 5.57 Å². The van der Waals surface area contributed by atoms with Crippen LogP contribution in [0.5, 0.6) is 0 Å². The van der Waals surface area contributed by atoms with Crippen LogP contribution in [0.3, 0.4) is 0 Å². The Bertz CT molecular complexity index is 506. The Labute approximate surface area is 109 Å². The molecule has 0 fully saturated rings. The first kappa shape index (κ1) is 13.1. The fraction of sp³-hybridized carbons (Fsp3) is 0.412. The van der Waals surface area contributed by atoms with E-state index in [9.17, 15) is 4.39 Å². The van der Waals surface area contributed by atoms with Gasteiger partial charge in [-0.15, -0.1) is 0 Å². The summed E-state index contributed by atoms with van der Waals surface area (Å²) in [6.07, 6.45) is 6.78. The van der Waals surface area contributed by atoms with Crippen LogP contribution in [0.4, 0.5) is 4.39 Å². The molecule has 0 unspecified atom stereocenters. The van der Waals surface area contributed by atoms with E-state index in [1.165, 1.54) is 35.1 Å². The van der Waals surface area contributed by atoms with Gasteiger partial charge < -0.3 is 0 Å². The Morgan fingerprint density at radius 1 is 1.11 bits per heavy atom. The average molecular weight is 244 g/mol. The molecule has 0 aromatic heterocycles. The first-order chi connectivity index (χ1) is 8.74. The minimum Gasteiger partial charge on any atom is -0.207 e. The van der Waals surface area contributed by atoms with Crippen LogP contribution in [0.15, 0.2) is 35.4 Å². The van der Waals surface area contributed by atoms with Crippen molar-refractivity contribution in [1.29, 1.82) is 0 Å². The molecule has 0 nitrogen and oxygen atoms in total. The lowest BCUT2D eigenvalue weighted by atomic mass is 10.0. The molecule has 0 heterocycles. The van der Waals surface area contributed by atoms with Gasteiger partial charge in [0.25, 0.3) is 0 Å². The first-order valence-corrected chi connectivity index (χ1v) is 6.92. The van der Waals surface area contributed by atoms with Crippen molar-refractivity contribution in [3.63, 3.8) is 0 Å². The predicted molar refractivity (Wildman–Crippen MR) is 76.0 cm³/mol. The summed E-state index contributed by atoms with van der Waals surface area (Å²) in [5.41, 5.74) is 6.76. The number of rotatable bonds is 0. The van der Waals surface area contributed by atoms with E-state index >= 15 is 0 Å². The molecular weight excluding hydrogens is 223 g/mol. The van der Waals surface area contributed by atoms with E-state index in [2.05, 4.69) is 13.0 Å². The number of allylic oxidation sites excluding steroid dienone is 4. The van der Waals surface area contributed by atoms with E-state index in [1.54, 1.807) is 12.1 Å². The summed E-state index contributed by atoms with van der Waals surface area (Å²) in [6.45, 7) is 6.19. The quantitative estimate of drug-likeness (QED) is 0.581. The van der Waals surface area contributed by atoms with Crippen molar-refractivity contribution in [2.45, 2.75) is 46.5 Å². The summed E-state index contributed by atoms with van der Waals surface area (Å²) in [7, 11) is 0. The van der Waals surface area contributed by atoms with Crippen LogP contribution < -0.4 is 0 Å². The lowest BCUT2D eigenvalue weighted by Gasteiger charge is -2.04. The Morgan fingerprint density at radius 2 is 1.89 bits per heavy atom. The van der Waals surface area contributed by atoms with Crippen LogP contribution in [0.1, 0.15) is 51.2 Å². The van der Waals surface area contributed by atoms with Crippen molar-refractivity contribution in [3.05, 3.63) is 52.4 Å². The molecule has 1 aromatic carbocycles. The predicted octanol–water partition coefficient (Wildman–Crippen LogP) is 5.29. The van der Waals surface area contributed by atoms with Gasteiger partial charge in [0.05, 0.1) is 0 Å². The zero-order valence-electron chi connectivity index (χ0n) is 11.5. The average Bonchev–Trinajstić information content (AvgIpc) is 2.57. The highest BCUT2D eigenvalue weighted by Gasteiger charge is 2.21. The maximum Gasteiger partial charge on any atom is 0.123 e. The number of hydrogen-bond donors (Lipinski definition) is 0. The molecule has 18 heavy (non-hydrogen) atoms. The minimum atomic E-state index is -0.114. The van der Waals surface area contributed by atoms with Crippen LogP contribution in [0.2, 0.25) is 0 Å². The van der Waals surface area contributed by atoms with Gasteiger partial charge >= 0.3 is 0 Å². The fourth-order valence-corrected chi connectivity index (χ4v) is 2.83. The topological polar surface area (TPSA) is 0 Å². The highest BCUT2D eigenvalue weighted by molar-refractivity contribution is 5.79. The number of hydrogen-bond acceptors (Lipinski definition) is 0. The lowest BCUT2D eigenvalue weighted by molar-refractivity contribution is 0.626. The largest absolute Gasteiger partial charge is 0.207 e. The van der Waals surface area contributed by atoms with Crippen molar-refractivity contribution in [2.75, 3.05) is 0 Å². The van der Waals surface area contributed by atoms with Gasteiger partial charge in [-0.1, -0.05) is 31.6 Å². The smallest absolute Gasteiger partial charge is 0.123 e. The second kappa shape index (κ2) is 5.51. The van der Waals surface area contributed by atoms with Gasteiger partial charge in [-0.25, -0.2) is 4.39 Å². The molecular formula is C17H21F.